The predicted octanol–water partition coefficient (Wildman–Crippen LogP) is 5.51. The first-order valence-corrected chi connectivity index (χ1v) is 8.75. The first-order chi connectivity index (χ1) is 12.5. The molecule has 3 rings (SSSR count). The Labute approximate surface area is 163 Å². The zero-order valence-electron chi connectivity index (χ0n) is 13.3. The fourth-order valence-corrected chi connectivity index (χ4v) is 3.30. The Kier molecular flexibility index (Phi) is 5.27. The van der Waals surface area contributed by atoms with Gasteiger partial charge < -0.3 is 10.4 Å². The number of anilines is 1. The number of rotatable bonds is 3. The number of carbonyl (C=O) groups is 1. The fraction of sp³-hybridized carbons (Fsp3) is 0. The summed E-state index contributed by atoms with van der Waals surface area (Å²) in [5.41, 5.74) is 0.698. The van der Waals surface area contributed by atoms with E-state index in [-0.39, 0.29) is 16.9 Å². The zero-order chi connectivity index (χ0) is 18.7. The molecule has 0 heterocycles. The molecule has 0 radical (unpaired) electrons. The molecule has 0 fully saturated rings. The van der Waals surface area contributed by atoms with Crippen LogP contribution in [-0.4, -0.2) is 11.0 Å². The van der Waals surface area contributed by atoms with Gasteiger partial charge in [-0.2, -0.15) is 5.26 Å². The Hall–Kier alpha value is -2.81. The van der Waals surface area contributed by atoms with Crippen molar-refractivity contribution in [2.45, 2.75) is 0 Å². The molecule has 0 spiro atoms. The second kappa shape index (κ2) is 7.61. The van der Waals surface area contributed by atoms with Crippen LogP contribution >= 0.6 is 27.5 Å². The number of nitrogens with zero attached hydrogens (tertiary/aromatic N) is 1. The lowest BCUT2D eigenvalue weighted by molar-refractivity contribution is -0.112. The minimum Gasteiger partial charge on any atom is -0.506 e. The lowest BCUT2D eigenvalue weighted by Crippen LogP contribution is -2.13. The van der Waals surface area contributed by atoms with Crippen LogP contribution in [0, 0.1) is 11.3 Å². The lowest BCUT2D eigenvalue weighted by Gasteiger charge is -2.07. The SMILES string of the molecule is N#C/C(=C/c1cc(Cl)cc(Br)c1O)C(=O)Nc1ccc2ccccc2c1. The quantitative estimate of drug-likeness (QED) is 0.428. The van der Waals surface area contributed by atoms with E-state index in [1.54, 1.807) is 6.07 Å². The largest absolute Gasteiger partial charge is 0.506 e. The van der Waals surface area contributed by atoms with Gasteiger partial charge in [0.1, 0.15) is 17.4 Å². The molecule has 0 atom stereocenters. The van der Waals surface area contributed by atoms with Crippen molar-refractivity contribution >= 4 is 56.0 Å². The Balaban J connectivity index is 1.90. The van der Waals surface area contributed by atoms with Gasteiger partial charge in [-0.3, -0.25) is 4.79 Å². The molecule has 0 bridgehead atoms. The molecule has 26 heavy (non-hydrogen) atoms. The molecule has 0 aromatic heterocycles. The molecule has 0 aliphatic carbocycles. The zero-order valence-corrected chi connectivity index (χ0v) is 15.7. The van der Waals surface area contributed by atoms with Gasteiger partial charge >= 0.3 is 0 Å². The molecule has 0 unspecified atom stereocenters. The molecule has 0 saturated heterocycles. The molecule has 3 aromatic carbocycles. The van der Waals surface area contributed by atoms with E-state index in [1.807, 2.05) is 42.5 Å². The smallest absolute Gasteiger partial charge is 0.266 e. The van der Waals surface area contributed by atoms with Crippen molar-refractivity contribution in [3.63, 3.8) is 0 Å². The van der Waals surface area contributed by atoms with E-state index >= 15 is 0 Å². The average molecular weight is 428 g/mol. The lowest BCUT2D eigenvalue weighted by atomic mass is 10.1. The minimum absolute atomic E-state index is 0.0966. The van der Waals surface area contributed by atoms with Crippen molar-refractivity contribution in [3.8, 4) is 11.8 Å². The number of aromatic hydroxyl groups is 1. The first kappa shape index (κ1) is 18.0. The highest BCUT2D eigenvalue weighted by atomic mass is 79.9. The van der Waals surface area contributed by atoms with Crippen LogP contribution in [-0.2, 0) is 4.79 Å². The molecule has 0 aliphatic heterocycles. The predicted molar refractivity (Wildman–Crippen MR) is 107 cm³/mol. The maximum absolute atomic E-state index is 12.4. The summed E-state index contributed by atoms with van der Waals surface area (Å²) in [7, 11) is 0. The number of phenolic OH excluding ortho intramolecular Hbond substituents is 1. The van der Waals surface area contributed by atoms with E-state index in [2.05, 4.69) is 21.2 Å². The van der Waals surface area contributed by atoms with Crippen molar-refractivity contribution in [1.82, 2.24) is 0 Å². The van der Waals surface area contributed by atoms with E-state index in [9.17, 15) is 15.2 Å². The van der Waals surface area contributed by atoms with Gasteiger partial charge in [-0.25, -0.2) is 0 Å². The second-order valence-electron chi connectivity index (χ2n) is 5.51. The van der Waals surface area contributed by atoms with Crippen molar-refractivity contribution in [2.24, 2.45) is 0 Å². The topological polar surface area (TPSA) is 73.1 Å². The minimum atomic E-state index is -0.571. The third-order valence-corrected chi connectivity index (χ3v) is 4.55. The number of hydrogen-bond acceptors (Lipinski definition) is 3. The van der Waals surface area contributed by atoms with Gasteiger partial charge in [-0.15, -0.1) is 0 Å². The van der Waals surface area contributed by atoms with Gasteiger partial charge in [-0.1, -0.05) is 41.9 Å². The summed E-state index contributed by atoms with van der Waals surface area (Å²) in [6, 6.07) is 18.1. The second-order valence-corrected chi connectivity index (χ2v) is 6.80. The van der Waals surface area contributed by atoms with Crippen LogP contribution in [0.15, 0.2) is 64.6 Å². The third kappa shape index (κ3) is 3.88. The molecule has 2 N–H and O–H groups in total. The van der Waals surface area contributed by atoms with Gasteiger partial charge in [0.2, 0.25) is 0 Å². The van der Waals surface area contributed by atoms with Gasteiger partial charge in [0.05, 0.1) is 4.47 Å². The van der Waals surface area contributed by atoms with Crippen molar-refractivity contribution in [2.75, 3.05) is 5.32 Å². The number of halogens is 2. The van der Waals surface area contributed by atoms with E-state index < -0.39 is 5.91 Å². The van der Waals surface area contributed by atoms with Crippen LogP contribution in [0.25, 0.3) is 16.8 Å². The van der Waals surface area contributed by atoms with Crippen LogP contribution in [0.2, 0.25) is 5.02 Å². The average Bonchev–Trinajstić information content (AvgIpc) is 2.63. The molecule has 0 saturated carbocycles. The summed E-state index contributed by atoms with van der Waals surface area (Å²) in [5, 5.41) is 24.5. The Morgan fingerprint density at radius 3 is 2.62 bits per heavy atom. The van der Waals surface area contributed by atoms with Crippen LogP contribution in [0.3, 0.4) is 0 Å². The Morgan fingerprint density at radius 2 is 1.88 bits per heavy atom. The fourth-order valence-electron chi connectivity index (χ4n) is 2.47. The summed E-state index contributed by atoms with van der Waals surface area (Å²) >= 11 is 9.14. The van der Waals surface area contributed by atoms with Crippen molar-refractivity contribution in [3.05, 3.63) is 75.2 Å². The number of amides is 1. The highest BCUT2D eigenvalue weighted by Gasteiger charge is 2.13. The van der Waals surface area contributed by atoms with Crippen molar-refractivity contribution in [1.29, 1.82) is 5.26 Å². The maximum Gasteiger partial charge on any atom is 0.266 e. The monoisotopic (exact) mass is 426 g/mol. The number of nitrogens with one attached hydrogen (secondary N) is 1. The third-order valence-electron chi connectivity index (χ3n) is 3.73. The summed E-state index contributed by atoms with van der Waals surface area (Å²) in [5.74, 6) is -0.668. The molecule has 4 nitrogen and oxygen atoms in total. The van der Waals surface area contributed by atoms with Crippen LogP contribution in [0.4, 0.5) is 5.69 Å². The number of carbonyl (C=O) groups excluding carboxylic acids is 1. The number of fused-ring (bicyclic) bond motifs is 1. The molecule has 3 aromatic rings. The van der Waals surface area contributed by atoms with Crippen LogP contribution in [0.5, 0.6) is 5.75 Å². The summed E-state index contributed by atoms with van der Waals surface area (Å²) in [6.45, 7) is 0. The molecular weight excluding hydrogens is 416 g/mol. The van der Waals surface area contributed by atoms with Crippen molar-refractivity contribution < 1.29 is 9.90 Å². The Bertz CT molecular complexity index is 1090. The normalized spacial score (nSPS) is 11.2. The molecule has 0 aliphatic rings. The molecule has 6 heteroatoms. The number of benzene rings is 3. The van der Waals surface area contributed by atoms with Gasteiger partial charge in [0, 0.05) is 16.3 Å². The number of phenols is 1. The highest BCUT2D eigenvalue weighted by molar-refractivity contribution is 9.10. The standard InChI is InChI=1S/C20H12BrClN2O2/c21-18-10-16(22)8-14(19(18)25)7-15(11-23)20(26)24-17-6-5-12-3-1-2-4-13(12)9-17/h1-10,25H,(H,24,26)/b15-7-. The number of hydrogen-bond donors (Lipinski definition) is 2. The van der Waals surface area contributed by atoms with Crippen LogP contribution < -0.4 is 5.32 Å². The highest BCUT2D eigenvalue weighted by Crippen LogP contribution is 2.33. The van der Waals surface area contributed by atoms with Gasteiger partial charge in [0.15, 0.2) is 0 Å². The van der Waals surface area contributed by atoms with Gasteiger partial charge in [0.25, 0.3) is 5.91 Å². The molecule has 1 amide bonds. The van der Waals surface area contributed by atoms with E-state index in [0.717, 1.165) is 10.8 Å². The van der Waals surface area contributed by atoms with E-state index in [4.69, 9.17) is 11.6 Å². The maximum atomic E-state index is 12.4. The van der Waals surface area contributed by atoms with E-state index in [1.165, 1.54) is 18.2 Å². The first-order valence-electron chi connectivity index (χ1n) is 7.58. The number of nitriles is 1. The Morgan fingerprint density at radius 1 is 1.15 bits per heavy atom. The molecular formula is C20H12BrClN2O2. The van der Waals surface area contributed by atoms with Crippen LogP contribution in [0.1, 0.15) is 5.56 Å². The van der Waals surface area contributed by atoms with Gasteiger partial charge in [-0.05, 0) is 57.0 Å². The summed E-state index contributed by atoms with van der Waals surface area (Å²) in [6.07, 6.45) is 1.29. The summed E-state index contributed by atoms with van der Waals surface area (Å²) in [4.78, 5) is 12.4. The summed E-state index contributed by atoms with van der Waals surface area (Å²) < 4.78 is 0.378. The van der Waals surface area contributed by atoms with E-state index in [0.29, 0.717) is 15.2 Å². The molecule has 128 valence electrons.